The second-order valence-electron chi connectivity index (χ2n) is 7.90. The molecule has 3 aromatic rings. The van der Waals surface area contributed by atoms with Crippen molar-refractivity contribution in [3.05, 3.63) is 54.4 Å². The Labute approximate surface area is 180 Å². The Morgan fingerprint density at radius 3 is 2.45 bits per heavy atom. The highest BCUT2D eigenvalue weighted by molar-refractivity contribution is 7.89. The summed E-state index contributed by atoms with van der Waals surface area (Å²) in [5.74, 6) is 0.379. The minimum atomic E-state index is -3.60. The second-order valence-corrected chi connectivity index (χ2v) is 9.84. The Balaban J connectivity index is 1.45. The van der Waals surface area contributed by atoms with Crippen LogP contribution in [0.3, 0.4) is 0 Å². The third kappa shape index (κ3) is 4.64. The maximum Gasteiger partial charge on any atom is 0.322 e. The summed E-state index contributed by atoms with van der Waals surface area (Å²) in [4.78, 5) is 16.6. The third-order valence-electron chi connectivity index (χ3n) is 5.14. The van der Waals surface area contributed by atoms with Crippen molar-refractivity contribution in [2.75, 3.05) is 18.4 Å². The molecule has 9 nitrogen and oxygen atoms in total. The van der Waals surface area contributed by atoms with E-state index < -0.39 is 15.9 Å². The molecule has 0 radical (unpaired) electrons. The van der Waals surface area contributed by atoms with Crippen molar-refractivity contribution in [2.45, 2.75) is 25.2 Å². The number of piperidine rings is 1. The summed E-state index contributed by atoms with van der Waals surface area (Å²) < 4.78 is 32.9. The molecule has 1 amide bonds. The predicted molar refractivity (Wildman–Crippen MR) is 114 cm³/mol. The fourth-order valence-corrected chi connectivity index (χ4v) is 5.46. The Bertz CT molecular complexity index is 1150. The lowest BCUT2D eigenvalue weighted by molar-refractivity contribution is 0.102. The van der Waals surface area contributed by atoms with Gasteiger partial charge in [-0.25, -0.2) is 8.42 Å². The highest BCUT2D eigenvalue weighted by Crippen LogP contribution is 2.27. The predicted octanol–water partition coefficient (Wildman–Crippen LogP) is 3.05. The van der Waals surface area contributed by atoms with Crippen LogP contribution in [0.2, 0.25) is 0 Å². The van der Waals surface area contributed by atoms with Crippen LogP contribution in [0.25, 0.3) is 11.5 Å². The quantitative estimate of drug-likeness (QED) is 0.646. The van der Waals surface area contributed by atoms with E-state index in [0.717, 1.165) is 6.42 Å². The fraction of sp³-hybridized carbons (Fsp3) is 0.333. The van der Waals surface area contributed by atoms with Crippen LogP contribution in [0, 0.1) is 11.8 Å². The van der Waals surface area contributed by atoms with Gasteiger partial charge in [0.25, 0.3) is 11.8 Å². The van der Waals surface area contributed by atoms with Crippen LogP contribution in [-0.4, -0.2) is 46.9 Å². The number of nitrogens with zero attached hydrogens (tertiary/aromatic N) is 4. The summed E-state index contributed by atoms with van der Waals surface area (Å²) in [7, 11) is -3.60. The first kappa shape index (κ1) is 21.1. The summed E-state index contributed by atoms with van der Waals surface area (Å²) >= 11 is 0. The molecular formula is C21H23N5O4S. The number of carbonyl (C=O) groups is 1. The molecule has 31 heavy (non-hydrogen) atoms. The maximum absolute atomic E-state index is 13.0. The second kappa shape index (κ2) is 8.56. The number of anilines is 1. The van der Waals surface area contributed by atoms with Crippen LogP contribution in [-0.2, 0) is 10.0 Å². The van der Waals surface area contributed by atoms with Crippen molar-refractivity contribution >= 4 is 21.9 Å². The average Bonchev–Trinajstić information content (AvgIpc) is 3.22. The number of sulfonamides is 1. The van der Waals surface area contributed by atoms with E-state index in [0.29, 0.717) is 30.5 Å². The van der Waals surface area contributed by atoms with Crippen molar-refractivity contribution in [2.24, 2.45) is 11.8 Å². The number of hydrogen-bond acceptors (Lipinski definition) is 7. The van der Waals surface area contributed by atoms with Crippen LogP contribution in [0.5, 0.6) is 0 Å². The van der Waals surface area contributed by atoms with E-state index >= 15 is 0 Å². The van der Waals surface area contributed by atoms with E-state index in [2.05, 4.69) is 34.3 Å². The fourth-order valence-electron chi connectivity index (χ4n) is 3.78. The van der Waals surface area contributed by atoms with Crippen molar-refractivity contribution in [1.82, 2.24) is 19.5 Å². The number of nitrogens with one attached hydrogen (secondary N) is 1. The molecule has 1 aliphatic heterocycles. The van der Waals surface area contributed by atoms with Crippen LogP contribution < -0.4 is 5.32 Å². The zero-order valence-electron chi connectivity index (χ0n) is 17.2. The van der Waals surface area contributed by atoms with Gasteiger partial charge in [0.2, 0.25) is 10.0 Å². The molecule has 1 saturated heterocycles. The van der Waals surface area contributed by atoms with E-state index in [-0.39, 0.29) is 22.4 Å². The molecule has 0 unspecified atom stereocenters. The summed E-state index contributed by atoms with van der Waals surface area (Å²) in [5.41, 5.74) is 0.909. The first-order valence-corrected chi connectivity index (χ1v) is 11.4. The van der Waals surface area contributed by atoms with Gasteiger partial charge < -0.3 is 4.42 Å². The van der Waals surface area contributed by atoms with Crippen molar-refractivity contribution in [1.29, 1.82) is 0 Å². The molecule has 1 fully saturated rings. The molecular weight excluding hydrogens is 418 g/mol. The Morgan fingerprint density at radius 2 is 1.81 bits per heavy atom. The molecule has 2 atom stereocenters. The maximum atomic E-state index is 13.0. The van der Waals surface area contributed by atoms with E-state index in [1.807, 2.05) is 0 Å². The summed E-state index contributed by atoms with van der Waals surface area (Å²) in [5, 5.41) is 10.2. The third-order valence-corrected chi connectivity index (χ3v) is 6.99. The molecule has 10 heteroatoms. The van der Waals surface area contributed by atoms with Gasteiger partial charge in [-0.05, 0) is 54.7 Å². The molecule has 2 aromatic heterocycles. The van der Waals surface area contributed by atoms with E-state index in [4.69, 9.17) is 4.42 Å². The highest BCUT2D eigenvalue weighted by Gasteiger charge is 2.31. The standard InChI is InChI=1S/C21H23N5O4S/c1-14-10-15(2)13-26(12-14)31(28,29)18-7-5-16(6-8-18)19(27)23-21-25-24-20(30-21)17-4-3-9-22-11-17/h3-9,11,14-15H,10,12-13H2,1-2H3,(H,23,25,27)/t14-,15-/m1/s1. The van der Waals surface area contributed by atoms with E-state index in [1.165, 1.54) is 28.6 Å². The highest BCUT2D eigenvalue weighted by atomic mass is 32.2. The molecule has 4 rings (SSSR count). The number of rotatable bonds is 5. The van der Waals surface area contributed by atoms with Crippen LogP contribution >= 0.6 is 0 Å². The Hall–Kier alpha value is -3.11. The van der Waals surface area contributed by atoms with Gasteiger partial charge in [0.1, 0.15) is 0 Å². The molecule has 0 bridgehead atoms. The van der Waals surface area contributed by atoms with Gasteiger partial charge in [-0.2, -0.15) is 4.31 Å². The molecule has 0 saturated carbocycles. The van der Waals surface area contributed by atoms with Gasteiger partial charge in [0.15, 0.2) is 0 Å². The molecule has 3 heterocycles. The lowest BCUT2D eigenvalue weighted by Gasteiger charge is -2.34. The van der Waals surface area contributed by atoms with Crippen molar-refractivity contribution < 1.29 is 17.6 Å². The summed E-state index contributed by atoms with van der Waals surface area (Å²) in [6, 6.07) is 9.27. The Morgan fingerprint density at radius 1 is 1.10 bits per heavy atom. The molecule has 0 spiro atoms. The summed E-state index contributed by atoms with van der Waals surface area (Å²) in [6.07, 6.45) is 4.21. The molecule has 1 aromatic carbocycles. The number of aromatic nitrogens is 3. The Kier molecular flexibility index (Phi) is 5.84. The van der Waals surface area contributed by atoms with Gasteiger partial charge in [-0.3, -0.25) is 15.1 Å². The zero-order valence-corrected chi connectivity index (χ0v) is 18.0. The first-order chi connectivity index (χ1) is 14.8. The van der Waals surface area contributed by atoms with Gasteiger partial charge >= 0.3 is 6.01 Å². The summed E-state index contributed by atoms with van der Waals surface area (Å²) in [6.45, 7) is 5.13. The number of carbonyl (C=O) groups excluding carboxylic acids is 1. The minimum absolute atomic E-state index is 0.0585. The van der Waals surface area contributed by atoms with Crippen LogP contribution in [0.15, 0.2) is 58.1 Å². The number of amides is 1. The number of pyridine rings is 1. The molecule has 162 valence electrons. The average molecular weight is 442 g/mol. The number of benzene rings is 1. The topological polar surface area (TPSA) is 118 Å². The van der Waals surface area contributed by atoms with Crippen molar-refractivity contribution in [3.63, 3.8) is 0 Å². The largest absolute Gasteiger partial charge is 0.403 e. The first-order valence-electron chi connectivity index (χ1n) is 9.98. The smallest absolute Gasteiger partial charge is 0.322 e. The SMILES string of the molecule is C[C@@H]1C[C@@H](C)CN(S(=O)(=O)c2ccc(C(=O)Nc3nnc(-c4cccnc4)o3)cc2)C1. The van der Waals surface area contributed by atoms with E-state index in [1.54, 1.807) is 24.5 Å². The molecule has 1 aliphatic rings. The van der Waals surface area contributed by atoms with Gasteiger partial charge in [-0.1, -0.05) is 18.9 Å². The number of hydrogen-bond donors (Lipinski definition) is 1. The monoisotopic (exact) mass is 441 g/mol. The normalized spacial score (nSPS) is 19.8. The van der Waals surface area contributed by atoms with Gasteiger partial charge in [0.05, 0.1) is 10.5 Å². The van der Waals surface area contributed by atoms with Gasteiger partial charge in [0, 0.05) is 31.0 Å². The molecule has 1 N–H and O–H groups in total. The van der Waals surface area contributed by atoms with E-state index in [9.17, 15) is 13.2 Å². The van der Waals surface area contributed by atoms with Crippen LogP contribution in [0.4, 0.5) is 6.01 Å². The lowest BCUT2D eigenvalue weighted by Crippen LogP contribution is -2.42. The van der Waals surface area contributed by atoms with Crippen molar-refractivity contribution in [3.8, 4) is 11.5 Å². The van der Waals surface area contributed by atoms with Gasteiger partial charge in [-0.15, -0.1) is 5.10 Å². The van der Waals surface area contributed by atoms with Crippen LogP contribution in [0.1, 0.15) is 30.6 Å². The minimum Gasteiger partial charge on any atom is -0.403 e. The lowest BCUT2D eigenvalue weighted by atomic mass is 9.94. The zero-order chi connectivity index (χ0) is 22.0. The molecule has 0 aliphatic carbocycles.